The minimum absolute atomic E-state index is 0.0279. The van der Waals surface area contributed by atoms with Crippen LogP contribution in [-0.2, 0) is 10.8 Å². The van der Waals surface area contributed by atoms with Crippen molar-refractivity contribution in [1.29, 1.82) is 0 Å². The molecule has 386 valence electrons. The molecule has 0 radical (unpaired) electrons. The Morgan fingerprint density at radius 1 is 0.305 bits per heavy atom. The highest BCUT2D eigenvalue weighted by molar-refractivity contribution is 7.26. The Hall–Kier alpha value is -8.92. The number of rotatable bonds is 4. The van der Waals surface area contributed by atoms with E-state index in [-0.39, 0.29) is 10.8 Å². The molecule has 2 heterocycles. The minimum atomic E-state index is -0.0781. The van der Waals surface area contributed by atoms with Crippen LogP contribution in [0.1, 0.15) is 62.8 Å². The predicted molar refractivity (Wildman–Crippen MR) is 357 cm³/mol. The van der Waals surface area contributed by atoms with E-state index in [1.807, 2.05) is 22.7 Å². The minimum Gasteiger partial charge on any atom is -0.135 e. The molecule has 15 aromatic rings. The maximum Gasteiger partial charge on any atom is 0.0361 e. The van der Waals surface area contributed by atoms with Crippen molar-refractivity contribution >= 4 is 122 Å². The van der Waals surface area contributed by atoms with E-state index in [4.69, 9.17) is 0 Å². The molecule has 2 aromatic heterocycles. The summed E-state index contributed by atoms with van der Waals surface area (Å²) in [6.45, 7) is 9.59. The zero-order valence-corrected chi connectivity index (χ0v) is 47.8. The van der Waals surface area contributed by atoms with Gasteiger partial charge in [-0.25, -0.2) is 0 Å². The quantitative estimate of drug-likeness (QED) is 0.154. The lowest BCUT2D eigenvalue weighted by molar-refractivity contribution is 0.651. The normalized spacial score (nSPS) is 15.1. The third-order valence-electron chi connectivity index (χ3n) is 19.5. The van der Waals surface area contributed by atoms with Gasteiger partial charge in [-0.05, 0) is 192 Å². The molecule has 0 bridgehead atoms. The fourth-order valence-corrected chi connectivity index (χ4v) is 18.1. The number of hydrogen-bond acceptors (Lipinski definition) is 2. The highest BCUT2D eigenvalue weighted by Crippen LogP contribution is 2.55. The summed E-state index contributed by atoms with van der Waals surface area (Å²) < 4.78 is 5.29. The fourth-order valence-electron chi connectivity index (χ4n) is 15.8. The molecule has 3 aliphatic carbocycles. The second kappa shape index (κ2) is 16.8. The molecule has 0 amide bonds. The van der Waals surface area contributed by atoms with Gasteiger partial charge in [-0.3, -0.25) is 0 Å². The lowest BCUT2D eigenvalue weighted by Gasteiger charge is -2.25. The van der Waals surface area contributed by atoms with Crippen molar-refractivity contribution in [2.45, 2.75) is 51.4 Å². The third kappa shape index (κ3) is 6.32. The average Bonchev–Trinajstić information content (AvgIpc) is 4.04. The van der Waals surface area contributed by atoms with Crippen LogP contribution in [0, 0.1) is 0 Å². The maximum atomic E-state index is 2.52. The molecule has 0 unspecified atom stereocenters. The lowest BCUT2D eigenvalue weighted by atomic mass is 9.79. The molecular formula is C80H54S2. The van der Waals surface area contributed by atoms with Crippen LogP contribution in [0.15, 0.2) is 236 Å². The predicted octanol–water partition coefficient (Wildman–Crippen LogP) is 23.6. The Balaban J connectivity index is 0.758. The first kappa shape index (κ1) is 46.8. The van der Waals surface area contributed by atoms with Crippen molar-refractivity contribution in [2.24, 2.45) is 0 Å². The number of fused-ring (bicyclic) bond motifs is 18. The molecule has 0 atom stereocenters. The summed E-state index contributed by atoms with van der Waals surface area (Å²) in [6.07, 6.45) is 7.00. The lowest BCUT2D eigenvalue weighted by Crippen LogP contribution is -2.16. The van der Waals surface area contributed by atoms with Gasteiger partial charge in [-0.15, -0.1) is 22.7 Å². The van der Waals surface area contributed by atoms with Gasteiger partial charge in [-0.2, -0.15) is 0 Å². The molecule has 3 aliphatic rings. The van der Waals surface area contributed by atoms with Crippen LogP contribution in [0.2, 0.25) is 0 Å². The van der Waals surface area contributed by atoms with Gasteiger partial charge in [-0.1, -0.05) is 222 Å². The summed E-state index contributed by atoms with van der Waals surface area (Å²) in [5.74, 6) is 0. The Kier molecular flexibility index (Phi) is 9.61. The van der Waals surface area contributed by atoms with Gasteiger partial charge in [0.05, 0.1) is 0 Å². The van der Waals surface area contributed by atoms with Crippen LogP contribution < -0.4 is 0 Å². The van der Waals surface area contributed by atoms with Gasteiger partial charge in [0.15, 0.2) is 0 Å². The highest BCUT2D eigenvalue weighted by atomic mass is 32.1. The first-order chi connectivity index (χ1) is 40.2. The van der Waals surface area contributed by atoms with Crippen molar-refractivity contribution < 1.29 is 0 Å². The molecule has 18 rings (SSSR count). The van der Waals surface area contributed by atoms with E-state index < -0.39 is 0 Å². The Labute approximate surface area is 484 Å². The molecule has 13 aromatic carbocycles. The average molecular weight is 1080 g/mol. The van der Waals surface area contributed by atoms with Gasteiger partial charge in [0.25, 0.3) is 0 Å². The smallest absolute Gasteiger partial charge is 0.0361 e. The number of allylic oxidation sites excluding steroid dienone is 4. The van der Waals surface area contributed by atoms with Crippen LogP contribution in [0.3, 0.4) is 0 Å². The molecular weight excluding hydrogens is 1030 g/mol. The monoisotopic (exact) mass is 1080 g/mol. The first-order valence-electron chi connectivity index (χ1n) is 29.1. The molecule has 2 heteroatoms. The maximum absolute atomic E-state index is 2.52. The molecule has 0 saturated carbocycles. The van der Waals surface area contributed by atoms with Crippen LogP contribution >= 0.6 is 22.7 Å². The summed E-state index contributed by atoms with van der Waals surface area (Å²) in [4.78, 5) is 0. The second-order valence-electron chi connectivity index (χ2n) is 24.4. The molecule has 0 nitrogen and oxygen atoms in total. The Morgan fingerprint density at radius 2 is 0.683 bits per heavy atom. The van der Waals surface area contributed by atoms with Crippen molar-refractivity contribution in [1.82, 2.24) is 0 Å². The molecule has 82 heavy (non-hydrogen) atoms. The number of benzene rings is 13. The van der Waals surface area contributed by atoms with Gasteiger partial charge in [0.1, 0.15) is 0 Å². The SMILES string of the molecule is CC1(C)C2=C(CCC=C2)c2ccc(-c3c4ccccc4c(-c4ccc5c(c4)sc4ccc6c(ccc7sc8cc(-c9c%10ccccc%10c(-c%10ccc%11c(c%10)C(C)(C)c%10ccccc%10-%11)c%10ccccc9%10)ccc8c76)c45)c4ccccc34)cc21. The summed E-state index contributed by atoms with van der Waals surface area (Å²) in [7, 11) is 0. The van der Waals surface area contributed by atoms with E-state index >= 15 is 0 Å². The molecule has 0 saturated heterocycles. The largest absolute Gasteiger partial charge is 0.135 e. The number of hydrogen-bond donors (Lipinski definition) is 0. The van der Waals surface area contributed by atoms with E-state index in [0.29, 0.717) is 0 Å². The van der Waals surface area contributed by atoms with E-state index in [2.05, 4.69) is 258 Å². The summed E-state index contributed by atoms with van der Waals surface area (Å²) in [5, 5.41) is 18.3. The Morgan fingerprint density at radius 3 is 1.16 bits per heavy atom. The van der Waals surface area contributed by atoms with Gasteiger partial charge in [0.2, 0.25) is 0 Å². The van der Waals surface area contributed by atoms with E-state index in [1.165, 1.54) is 183 Å². The number of thiophene rings is 2. The van der Waals surface area contributed by atoms with Crippen molar-refractivity contribution in [2.75, 3.05) is 0 Å². The van der Waals surface area contributed by atoms with Crippen LogP contribution in [0.25, 0.3) is 155 Å². The fraction of sp³-hybridized carbons (Fsp3) is 0.100. The van der Waals surface area contributed by atoms with Crippen molar-refractivity contribution in [3.63, 3.8) is 0 Å². The van der Waals surface area contributed by atoms with Crippen LogP contribution in [0.4, 0.5) is 0 Å². The summed E-state index contributed by atoms with van der Waals surface area (Å²) in [6, 6.07) is 84.1. The van der Waals surface area contributed by atoms with Gasteiger partial charge in [0, 0.05) is 51.2 Å². The summed E-state index contributed by atoms with van der Waals surface area (Å²) in [5.41, 5.74) is 21.7. The third-order valence-corrected chi connectivity index (χ3v) is 21.8. The van der Waals surface area contributed by atoms with E-state index in [1.54, 1.807) is 0 Å². The van der Waals surface area contributed by atoms with Crippen molar-refractivity contribution in [3.8, 4) is 55.6 Å². The van der Waals surface area contributed by atoms with Gasteiger partial charge < -0.3 is 0 Å². The molecule has 0 aliphatic heterocycles. The zero-order valence-electron chi connectivity index (χ0n) is 46.2. The molecule has 0 fully saturated rings. The van der Waals surface area contributed by atoms with E-state index in [9.17, 15) is 0 Å². The Bertz CT molecular complexity index is 5340. The summed E-state index contributed by atoms with van der Waals surface area (Å²) >= 11 is 3.85. The van der Waals surface area contributed by atoms with Crippen LogP contribution in [0.5, 0.6) is 0 Å². The standard InChI is InChI=1S/C80H54S2/c1-79(2)65-27-15-13-17-49(65)51-33-29-45(41-67(51)79)73-53-19-5-9-23-57(53)75(58-24-10-6-20-54(58)73)47-31-35-63-71(43-47)81-69-39-37-62-61(77(63)69)38-40-70-78(62)64-36-32-48(44-72(64)82-70)76-59-25-11-7-21-55(59)74(56-22-8-12-26-60(56)76)46-30-34-52-50-18-14-16-28-66(50)80(3,4)68(52)42-46/h5-13,15-17,19-44H,14,18H2,1-4H3. The molecule has 0 spiro atoms. The van der Waals surface area contributed by atoms with Gasteiger partial charge >= 0.3 is 0 Å². The second-order valence-corrected chi connectivity index (χ2v) is 26.6. The van der Waals surface area contributed by atoms with Crippen molar-refractivity contribution in [3.05, 3.63) is 258 Å². The van der Waals surface area contributed by atoms with Crippen LogP contribution in [-0.4, -0.2) is 0 Å². The topological polar surface area (TPSA) is 0 Å². The highest BCUT2D eigenvalue weighted by Gasteiger charge is 2.38. The zero-order chi connectivity index (χ0) is 54.3. The van der Waals surface area contributed by atoms with E-state index in [0.717, 1.165) is 12.8 Å². The first-order valence-corrected chi connectivity index (χ1v) is 30.7. The molecule has 0 N–H and O–H groups in total.